The van der Waals surface area contributed by atoms with E-state index < -0.39 is 5.97 Å². The number of phenolic OH excluding ortho intramolecular Hbond substituents is 1. The van der Waals surface area contributed by atoms with Gasteiger partial charge in [-0.2, -0.15) is 0 Å². The molecule has 4 heteroatoms. The molecule has 2 unspecified atom stereocenters. The molecule has 1 aromatic rings. The van der Waals surface area contributed by atoms with E-state index in [-0.39, 0.29) is 17.6 Å². The van der Waals surface area contributed by atoms with Gasteiger partial charge in [-0.3, -0.25) is 4.79 Å². The minimum Gasteiger partial charge on any atom is -0.508 e. The van der Waals surface area contributed by atoms with Crippen LogP contribution in [0, 0.1) is 11.8 Å². The lowest BCUT2D eigenvalue weighted by Crippen LogP contribution is -2.41. The van der Waals surface area contributed by atoms with Gasteiger partial charge in [0.2, 0.25) is 0 Å². The minimum absolute atomic E-state index is 0.179. The number of rotatable bonds is 3. The zero-order valence-corrected chi connectivity index (χ0v) is 9.60. The average Bonchev–Trinajstić information content (AvgIpc) is 2.32. The van der Waals surface area contributed by atoms with E-state index >= 15 is 0 Å². The van der Waals surface area contributed by atoms with Crippen molar-refractivity contribution in [1.29, 1.82) is 0 Å². The first-order chi connectivity index (χ1) is 8.16. The second-order valence-corrected chi connectivity index (χ2v) is 4.57. The fraction of sp³-hybridized carbons (Fsp3) is 0.462. The van der Waals surface area contributed by atoms with E-state index in [1.54, 1.807) is 12.1 Å². The Balaban J connectivity index is 2.05. The summed E-state index contributed by atoms with van der Waals surface area (Å²) in [6.45, 7) is 1.44. The zero-order chi connectivity index (χ0) is 12.3. The average molecular weight is 235 g/mol. The fourth-order valence-corrected chi connectivity index (χ4v) is 2.38. The van der Waals surface area contributed by atoms with Crippen molar-refractivity contribution in [3.8, 4) is 5.75 Å². The van der Waals surface area contributed by atoms with Crippen molar-refractivity contribution in [2.45, 2.75) is 12.8 Å². The van der Waals surface area contributed by atoms with Crippen molar-refractivity contribution in [2.75, 3.05) is 13.1 Å². The van der Waals surface area contributed by atoms with E-state index in [0.717, 1.165) is 24.9 Å². The molecule has 0 radical (unpaired) electrons. The van der Waals surface area contributed by atoms with Gasteiger partial charge in [-0.05, 0) is 43.0 Å². The molecular formula is C13H17NO3. The molecule has 0 bridgehead atoms. The van der Waals surface area contributed by atoms with Gasteiger partial charge >= 0.3 is 5.97 Å². The van der Waals surface area contributed by atoms with Gasteiger partial charge in [0.15, 0.2) is 0 Å². The highest BCUT2D eigenvalue weighted by Crippen LogP contribution is 2.24. The molecule has 0 spiro atoms. The normalized spacial score (nSPS) is 24.5. The summed E-state index contributed by atoms with van der Waals surface area (Å²) in [5.41, 5.74) is 1.08. The summed E-state index contributed by atoms with van der Waals surface area (Å²) in [7, 11) is 0. The second-order valence-electron chi connectivity index (χ2n) is 4.57. The third-order valence-corrected chi connectivity index (χ3v) is 3.38. The molecule has 1 aromatic carbocycles. The van der Waals surface area contributed by atoms with Crippen LogP contribution >= 0.6 is 0 Å². The maximum atomic E-state index is 11.1. The predicted octanol–water partition coefficient (Wildman–Crippen LogP) is 1.24. The smallest absolute Gasteiger partial charge is 0.308 e. The molecule has 92 valence electrons. The fourth-order valence-electron chi connectivity index (χ4n) is 2.38. The van der Waals surface area contributed by atoms with E-state index in [1.807, 2.05) is 12.1 Å². The number of carboxylic acid groups (broad SMARTS) is 1. The molecule has 17 heavy (non-hydrogen) atoms. The maximum absolute atomic E-state index is 11.1. The van der Waals surface area contributed by atoms with Crippen LogP contribution < -0.4 is 5.32 Å². The second kappa shape index (κ2) is 5.19. The molecule has 2 atom stereocenters. The summed E-state index contributed by atoms with van der Waals surface area (Å²) in [6, 6.07) is 7.00. The summed E-state index contributed by atoms with van der Waals surface area (Å²) >= 11 is 0. The number of aliphatic carboxylic acids is 1. The number of aromatic hydroxyl groups is 1. The van der Waals surface area contributed by atoms with Crippen LogP contribution in [0.5, 0.6) is 5.75 Å². The van der Waals surface area contributed by atoms with Crippen LogP contribution in [0.2, 0.25) is 0 Å². The van der Waals surface area contributed by atoms with Gasteiger partial charge in [-0.15, -0.1) is 0 Å². The van der Waals surface area contributed by atoms with Crippen LogP contribution in [0.4, 0.5) is 0 Å². The lowest BCUT2D eigenvalue weighted by molar-refractivity contribution is -0.144. The van der Waals surface area contributed by atoms with Crippen LogP contribution in [-0.4, -0.2) is 29.3 Å². The van der Waals surface area contributed by atoms with Gasteiger partial charge in [0.05, 0.1) is 5.92 Å². The highest BCUT2D eigenvalue weighted by Gasteiger charge is 2.30. The minimum atomic E-state index is -0.721. The highest BCUT2D eigenvalue weighted by atomic mass is 16.4. The first kappa shape index (κ1) is 11.9. The third-order valence-electron chi connectivity index (χ3n) is 3.38. The highest BCUT2D eigenvalue weighted by molar-refractivity contribution is 5.70. The lowest BCUT2D eigenvalue weighted by atomic mass is 9.82. The van der Waals surface area contributed by atoms with E-state index in [9.17, 15) is 9.90 Å². The Bertz CT molecular complexity index is 388. The van der Waals surface area contributed by atoms with Crippen LogP contribution in [0.25, 0.3) is 0 Å². The molecule has 2 rings (SSSR count). The van der Waals surface area contributed by atoms with Crippen LogP contribution in [0.1, 0.15) is 12.0 Å². The molecule has 1 saturated heterocycles. The summed E-state index contributed by atoms with van der Waals surface area (Å²) in [5, 5.41) is 21.5. The number of benzene rings is 1. The molecule has 0 saturated carbocycles. The molecular weight excluding hydrogens is 218 g/mol. The van der Waals surface area contributed by atoms with E-state index in [0.29, 0.717) is 6.54 Å². The van der Waals surface area contributed by atoms with E-state index in [2.05, 4.69) is 5.32 Å². The zero-order valence-electron chi connectivity index (χ0n) is 9.60. The topological polar surface area (TPSA) is 69.6 Å². The third kappa shape index (κ3) is 2.97. The first-order valence-electron chi connectivity index (χ1n) is 5.88. The van der Waals surface area contributed by atoms with Crippen molar-refractivity contribution < 1.29 is 15.0 Å². The Morgan fingerprint density at radius 1 is 1.35 bits per heavy atom. The first-order valence-corrected chi connectivity index (χ1v) is 5.88. The molecule has 0 aromatic heterocycles. The number of phenols is 1. The Labute approximate surface area is 100 Å². The summed E-state index contributed by atoms with van der Waals surface area (Å²) < 4.78 is 0. The van der Waals surface area contributed by atoms with Crippen molar-refractivity contribution in [1.82, 2.24) is 5.32 Å². The molecule has 3 N–H and O–H groups in total. The largest absolute Gasteiger partial charge is 0.508 e. The van der Waals surface area contributed by atoms with Crippen molar-refractivity contribution in [3.05, 3.63) is 29.8 Å². The summed E-state index contributed by atoms with van der Waals surface area (Å²) in [6.07, 6.45) is 1.65. The number of piperidine rings is 1. The summed E-state index contributed by atoms with van der Waals surface area (Å²) in [5.74, 6) is -0.606. The van der Waals surface area contributed by atoms with E-state index in [1.165, 1.54) is 0 Å². The van der Waals surface area contributed by atoms with Crippen molar-refractivity contribution >= 4 is 5.97 Å². The monoisotopic (exact) mass is 235 g/mol. The van der Waals surface area contributed by atoms with Gasteiger partial charge in [0.1, 0.15) is 5.75 Å². The molecule has 1 aliphatic rings. The van der Waals surface area contributed by atoms with Crippen molar-refractivity contribution in [2.24, 2.45) is 11.8 Å². The van der Waals surface area contributed by atoms with Crippen molar-refractivity contribution in [3.63, 3.8) is 0 Å². The van der Waals surface area contributed by atoms with Gasteiger partial charge in [0, 0.05) is 6.54 Å². The quantitative estimate of drug-likeness (QED) is 0.737. The Morgan fingerprint density at radius 2 is 2.06 bits per heavy atom. The van der Waals surface area contributed by atoms with Gasteiger partial charge in [0.25, 0.3) is 0 Å². The number of hydrogen-bond acceptors (Lipinski definition) is 3. The standard InChI is InChI=1S/C13H17NO3/c15-11-3-1-9(2-4-11)7-10-5-6-14-8-12(10)13(16)17/h1-4,10,12,14-15H,5-8H2,(H,16,17). The molecule has 1 heterocycles. The van der Waals surface area contributed by atoms with Crippen LogP contribution in [0.15, 0.2) is 24.3 Å². The summed E-state index contributed by atoms with van der Waals surface area (Å²) in [4.78, 5) is 11.1. The number of carbonyl (C=O) groups is 1. The number of nitrogens with one attached hydrogen (secondary N) is 1. The maximum Gasteiger partial charge on any atom is 0.308 e. The number of carboxylic acids is 1. The molecule has 1 aliphatic heterocycles. The Hall–Kier alpha value is -1.55. The number of hydrogen-bond donors (Lipinski definition) is 3. The Morgan fingerprint density at radius 3 is 2.71 bits per heavy atom. The molecule has 1 fully saturated rings. The molecule has 0 amide bonds. The van der Waals surface area contributed by atoms with E-state index in [4.69, 9.17) is 5.11 Å². The predicted molar refractivity (Wildman–Crippen MR) is 63.9 cm³/mol. The lowest BCUT2D eigenvalue weighted by Gasteiger charge is -2.29. The molecule has 0 aliphatic carbocycles. The van der Waals surface area contributed by atoms with Crippen LogP contribution in [0.3, 0.4) is 0 Å². The SMILES string of the molecule is O=C(O)C1CNCCC1Cc1ccc(O)cc1. The van der Waals surface area contributed by atoms with Gasteiger partial charge in [-0.25, -0.2) is 0 Å². The Kier molecular flexibility index (Phi) is 3.64. The van der Waals surface area contributed by atoms with Crippen LogP contribution in [-0.2, 0) is 11.2 Å². The van der Waals surface area contributed by atoms with Gasteiger partial charge < -0.3 is 15.5 Å². The van der Waals surface area contributed by atoms with Gasteiger partial charge in [-0.1, -0.05) is 12.1 Å². The molecule has 4 nitrogen and oxygen atoms in total.